The summed E-state index contributed by atoms with van der Waals surface area (Å²) >= 11 is 1.28. The standard InChI is InChI=1S/C6H10N4S/c1-10-3-2-9-5(10)4-11-6(7)8/h2-3H,4H2,1H3,(H3,7,8). The molecule has 0 spiro atoms. The van der Waals surface area contributed by atoms with Gasteiger partial charge in [-0.1, -0.05) is 11.8 Å². The molecule has 0 aliphatic heterocycles. The summed E-state index contributed by atoms with van der Waals surface area (Å²) in [5.41, 5.74) is 5.17. The molecule has 3 N–H and O–H groups in total. The van der Waals surface area contributed by atoms with Crippen molar-refractivity contribution in [1.82, 2.24) is 9.55 Å². The lowest BCUT2D eigenvalue weighted by Crippen LogP contribution is -2.05. The number of imidazole rings is 1. The van der Waals surface area contributed by atoms with E-state index < -0.39 is 0 Å². The van der Waals surface area contributed by atoms with Crippen molar-refractivity contribution in [3.8, 4) is 0 Å². The van der Waals surface area contributed by atoms with E-state index in [0.29, 0.717) is 5.75 Å². The average Bonchev–Trinajstić information content (AvgIpc) is 2.31. The molecular formula is C6H10N4S. The summed E-state index contributed by atoms with van der Waals surface area (Å²) < 4.78 is 1.91. The summed E-state index contributed by atoms with van der Waals surface area (Å²) in [6.07, 6.45) is 3.60. The van der Waals surface area contributed by atoms with Crippen LogP contribution in [0, 0.1) is 5.41 Å². The number of hydrogen-bond donors (Lipinski definition) is 2. The molecule has 0 amide bonds. The van der Waals surface area contributed by atoms with Gasteiger partial charge in [0.25, 0.3) is 0 Å². The third-order valence-corrected chi connectivity index (χ3v) is 1.99. The third kappa shape index (κ3) is 2.27. The number of rotatable bonds is 2. The number of amidine groups is 1. The summed E-state index contributed by atoms with van der Waals surface area (Å²) in [7, 11) is 1.92. The molecule has 5 heteroatoms. The van der Waals surface area contributed by atoms with Gasteiger partial charge in [-0.15, -0.1) is 0 Å². The first kappa shape index (κ1) is 8.13. The summed E-state index contributed by atoms with van der Waals surface area (Å²) in [6, 6.07) is 0. The van der Waals surface area contributed by atoms with Gasteiger partial charge in [0, 0.05) is 19.4 Å². The number of hydrogen-bond acceptors (Lipinski definition) is 3. The van der Waals surface area contributed by atoms with E-state index in [1.165, 1.54) is 11.8 Å². The highest BCUT2D eigenvalue weighted by molar-refractivity contribution is 8.12. The molecule has 0 unspecified atom stereocenters. The molecule has 1 heterocycles. The van der Waals surface area contributed by atoms with Crippen LogP contribution in [0.15, 0.2) is 12.4 Å². The van der Waals surface area contributed by atoms with E-state index in [2.05, 4.69) is 4.98 Å². The minimum Gasteiger partial charge on any atom is -0.379 e. The third-order valence-electron chi connectivity index (χ3n) is 1.28. The van der Waals surface area contributed by atoms with Gasteiger partial charge in [0.2, 0.25) is 0 Å². The smallest absolute Gasteiger partial charge is 0.151 e. The Morgan fingerprint density at radius 2 is 2.64 bits per heavy atom. The predicted octanol–water partition coefficient (Wildman–Crippen LogP) is 0.547. The molecule has 0 aliphatic rings. The largest absolute Gasteiger partial charge is 0.379 e. The molecule has 11 heavy (non-hydrogen) atoms. The van der Waals surface area contributed by atoms with E-state index in [0.717, 1.165) is 5.82 Å². The Labute approximate surface area is 69.3 Å². The zero-order chi connectivity index (χ0) is 8.27. The maximum absolute atomic E-state index is 6.97. The lowest BCUT2D eigenvalue weighted by atomic mass is 10.7. The lowest BCUT2D eigenvalue weighted by molar-refractivity contribution is 0.850. The fourth-order valence-electron chi connectivity index (χ4n) is 0.678. The maximum atomic E-state index is 6.97. The van der Waals surface area contributed by atoms with Crippen LogP contribution in [0.2, 0.25) is 0 Å². The first-order chi connectivity index (χ1) is 5.20. The number of nitrogens with one attached hydrogen (secondary N) is 1. The lowest BCUT2D eigenvalue weighted by Gasteiger charge is -1.98. The van der Waals surface area contributed by atoms with Crippen LogP contribution in [-0.4, -0.2) is 14.7 Å². The fraction of sp³-hybridized carbons (Fsp3) is 0.333. The van der Waals surface area contributed by atoms with Gasteiger partial charge in [-0.05, 0) is 0 Å². The normalized spacial score (nSPS) is 9.91. The number of nitrogens with zero attached hydrogens (tertiary/aromatic N) is 2. The van der Waals surface area contributed by atoms with E-state index in [9.17, 15) is 0 Å². The van der Waals surface area contributed by atoms with E-state index >= 15 is 0 Å². The highest BCUT2D eigenvalue weighted by Crippen LogP contribution is 2.07. The topological polar surface area (TPSA) is 67.7 Å². The van der Waals surface area contributed by atoms with Crippen LogP contribution in [0.25, 0.3) is 0 Å². The van der Waals surface area contributed by atoms with Gasteiger partial charge in [0.15, 0.2) is 5.17 Å². The monoisotopic (exact) mass is 170 g/mol. The quantitative estimate of drug-likeness (QED) is 0.503. The average molecular weight is 170 g/mol. The van der Waals surface area contributed by atoms with Gasteiger partial charge in [-0.3, -0.25) is 5.41 Å². The van der Waals surface area contributed by atoms with Crippen LogP contribution in [0.5, 0.6) is 0 Å². The van der Waals surface area contributed by atoms with Gasteiger partial charge in [0.1, 0.15) is 5.82 Å². The molecule has 0 atom stereocenters. The molecule has 0 aromatic carbocycles. The van der Waals surface area contributed by atoms with Crippen molar-refractivity contribution in [3.05, 3.63) is 18.2 Å². The Kier molecular flexibility index (Phi) is 2.53. The maximum Gasteiger partial charge on any atom is 0.151 e. The Morgan fingerprint density at radius 1 is 1.91 bits per heavy atom. The molecule has 0 saturated heterocycles. The Bertz CT molecular complexity index is 255. The molecule has 0 aliphatic carbocycles. The summed E-state index contributed by atoms with van der Waals surface area (Å²) in [6.45, 7) is 0. The Hall–Kier alpha value is -0.970. The van der Waals surface area contributed by atoms with Crippen LogP contribution in [0.4, 0.5) is 0 Å². The van der Waals surface area contributed by atoms with Crippen LogP contribution in [0.1, 0.15) is 5.82 Å². The molecule has 1 rings (SSSR count). The van der Waals surface area contributed by atoms with Gasteiger partial charge in [-0.25, -0.2) is 4.98 Å². The molecule has 0 bridgehead atoms. The van der Waals surface area contributed by atoms with E-state index in [-0.39, 0.29) is 5.17 Å². The second-order valence-electron chi connectivity index (χ2n) is 2.11. The predicted molar refractivity (Wildman–Crippen MR) is 46.4 cm³/mol. The van der Waals surface area contributed by atoms with Crippen molar-refractivity contribution >= 4 is 16.9 Å². The zero-order valence-electron chi connectivity index (χ0n) is 6.24. The first-order valence-corrected chi connectivity index (χ1v) is 4.11. The Balaban J connectivity index is 2.51. The van der Waals surface area contributed by atoms with E-state index in [1.807, 2.05) is 17.8 Å². The van der Waals surface area contributed by atoms with Gasteiger partial charge >= 0.3 is 0 Å². The molecule has 1 aromatic rings. The van der Waals surface area contributed by atoms with Crippen molar-refractivity contribution < 1.29 is 0 Å². The second kappa shape index (κ2) is 3.43. The van der Waals surface area contributed by atoms with Crippen molar-refractivity contribution in [3.63, 3.8) is 0 Å². The molecule has 0 radical (unpaired) electrons. The summed E-state index contributed by atoms with van der Waals surface area (Å²) in [4.78, 5) is 4.08. The van der Waals surface area contributed by atoms with E-state index in [4.69, 9.17) is 11.1 Å². The van der Waals surface area contributed by atoms with Crippen molar-refractivity contribution in [2.45, 2.75) is 5.75 Å². The van der Waals surface area contributed by atoms with Crippen LogP contribution in [-0.2, 0) is 12.8 Å². The van der Waals surface area contributed by atoms with Gasteiger partial charge in [-0.2, -0.15) is 0 Å². The van der Waals surface area contributed by atoms with Crippen LogP contribution in [0.3, 0.4) is 0 Å². The SMILES string of the molecule is Cn1ccnc1CSC(=N)N. The van der Waals surface area contributed by atoms with Crippen molar-refractivity contribution in [2.75, 3.05) is 0 Å². The highest BCUT2D eigenvalue weighted by atomic mass is 32.2. The second-order valence-corrected chi connectivity index (χ2v) is 3.12. The first-order valence-electron chi connectivity index (χ1n) is 3.13. The minimum atomic E-state index is 0.132. The molecule has 1 aromatic heterocycles. The van der Waals surface area contributed by atoms with Gasteiger partial charge in [0.05, 0.1) is 5.75 Å². The number of aromatic nitrogens is 2. The molecule has 0 saturated carbocycles. The number of aryl methyl sites for hydroxylation is 1. The van der Waals surface area contributed by atoms with Crippen molar-refractivity contribution in [1.29, 1.82) is 5.41 Å². The molecule has 4 nitrogen and oxygen atoms in total. The van der Waals surface area contributed by atoms with Crippen molar-refractivity contribution in [2.24, 2.45) is 12.8 Å². The molecule has 0 fully saturated rings. The Morgan fingerprint density at radius 3 is 3.09 bits per heavy atom. The van der Waals surface area contributed by atoms with Crippen LogP contribution < -0.4 is 5.73 Å². The summed E-state index contributed by atoms with van der Waals surface area (Å²) in [5, 5.41) is 7.10. The molecule has 60 valence electrons. The minimum absolute atomic E-state index is 0.132. The zero-order valence-corrected chi connectivity index (χ0v) is 7.06. The number of nitrogens with two attached hydrogens (primary N) is 1. The summed E-state index contributed by atoms with van der Waals surface area (Å²) in [5.74, 6) is 1.60. The molecular weight excluding hydrogens is 160 g/mol. The fourth-order valence-corrected chi connectivity index (χ4v) is 1.24. The van der Waals surface area contributed by atoms with E-state index in [1.54, 1.807) is 6.20 Å². The highest BCUT2D eigenvalue weighted by Gasteiger charge is 1.99. The van der Waals surface area contributed by atoms with Crippen LogP contribution >= 0.6 is 11.8 Å². The van der Waals surface area contributed by atoms with Gasteiger partial charge < -0.3 is 10.3 Å². The number of thioether (sulfide) groups is 1.